The summed E-state index contributed by atoms with van der Waals surface area (Å²) in [6.45, 7) is 3.65. The maximum atomic E-state index is 13.0. The van der Waals surface area contributed by atoms with Crippen molar-refractivity contribution >= 4 is 39.2 Å². The van der Waals surface area contributed by atoms with Crippen molar-refractivity contribution in [2.24, 2.45) is 0 Å². The molecule has 222 valence electrons. The Balaban J connectivity index is 1.28. The summed E-state index contributed by atoms with van der Waals surface area (Å²) in [5, 5.41) is 18.5. The summed E-state index contributed by atoms with van der Waals surface area (Å²) in [6, 6.07) is 17.0. The van der Waals surface area contributed by atoms with Gasteiger partial charge >= 0.3 is 0 Å². The van der Waals surface area contributed by atoms with E-state index in [1.165, 1.54) is 0 Å². The molecule has 1 saturated heterocycles. The van der Waals surface area contributed by atoms with E-state index in [9.17, 15) is 13.5 Å². The number of aliphatic hydroxyl groups excluding tert-OH is 1. The van der Waals surface area contributed by atoms with Crippen LogP contribution in [0.15, 0.2) is 64.9 Å². The van der Waals surface area contributed by atoms with Gasteiger partial charge in [0, 0.05) is 36.6 Å². The van der Waals surface area contributed by atoms with Gasteiger partial charge < -0.3 is 20.6 Å². The second kappa shape index (κ2) is 14.0. The van der Waals surface area contributed by atoms with Crippen LogP contribution in [-0.2, 0) is 23.0 Å². The average Bonchev–Trinajstić information content (AvgIpc) is 3.69. The van der Waals surface area contributed by atoms with Crippen molar-refractivity contribution in [1.29, 1.82) is 0 Å². The van der Waals surface area contributed by atoms with E-state index >= 15 is 0 Å². The van der Waals surface area contributed by atoms with Crippen LogP contribution in [0.5, 0.6) is 0 Å². The van der Waals surface area contributed by atoms with E-state index in [-0.39, 0.29) is 30.6 Å². The van der Waals surface area contributed by atoms with Crippen LogP contribution in [0.1, 0.15) is 37.4 Å². The highest BCUT2D eigenvalue weighted by molar-refractivity contribution is 7.89. The van der Waals surface area contributed by atoms with Gasteiger partial charge in [0.2, 0.25) is 27.9 Å². The summed E-state index contributed by atoms with van der Waals surface area (Å²) in [7, 11) is -3.66. The number of aliphatic hydroxyl groups is 1. The highest BCUT2D eigenvalue weighted by atomic mass is 32.2. The summed E-state index contributed by atoms with van der Waals surface area (Å²) in [5.41, 5.74) is 3.05. The lowest BCUT2D eigenvalue weighted by atomic mass is 10.1. The number of anilines is 3. The van der Waals surface area contributed by atoms with E-state index < -0.39 is 10.0 Å². The van der Waals surface area contributed by atoms with Crippen molar-refractivity contribution in [1.82, 2.24) is 24.7 Å². The van der Waals surface area contributed by atoms with Gasteiger partial charge in [-0.25, -0.2) is 18.1 Å². The van der Waals surface area contributed by atoms with Crippen LogP contribution >= 0.6 is 11.3 Å². The van der Waals surface area contributed by atoms with Crippen LogP contribution < -0.4 is 20.3 Å². The zero-order valence-corrected chi connectivity index (χ0v) is 25.2. The second-order valence-corrected chi connectivity index (χ2v) is 12.7. The minimum absolute atomic E-state index is 0.0710. The van der Waals surface area contributed by atoms with E-state index in [2.05, 4.69) is 37.2 Å². The van der Waals surface area contributed by atoms with Gasteiger partial charge in [0.1, 0.15) is 5.01 Å². The van der Waals surface area contributed by atoms with Gasteiger partial charge in [0.15, 0.2) is 0 Å². The number of hydrogen-bond donors (Lipinski definition) is 4. The monoisotopic (exact) mass is 608 g/mol. The summed E-state index contributed by atoms with van der Waals surface area (Å²) in [6.07, 6.45) is 3.61. The predicted molar refractivity (Wildman–Crippen MR) is 166 cm³/mol. The smallest absolute Gasteiger partial charge is 0.240 e. The fourth-order valence-electron chi connectivity index (χ4n) is 4.81. The van der Waals surface area contributed by atoms with Crippen molar-refractivity contribution in [3.63, 3.8) is 0 Å². The van der Waals surface area contributed by atoms with Crippen LogP contribution in [0.4, 0.5) is 17.8 Å². The van der Waals surface area contributed by atoms with Crippen molar-refractivity contribution in [2.75, 3.05) is 41.8 Å². The standard InChI is InChI=1S/C29H36N8O3S2/c1-2-7-21-11-13-25(14-12-21)42(39,40)32-19-24-10-6-16-37(24)29-35-27(30-15-17-38)34-28(36-29)31-18-23-20-41-26(33-23)22-8-4-3-5-9-22/h3-5,8-9,11-14,20,24,32,38H,2,6-7,10,15-19H2,1H3,(H2,30,31,34,35,36)/t24-/m1/s1. The Bertz CT molecular complexity index is 1550. The molecule has 3 heterocycles. The van der Waals surface area contributed by atoms with Gasteiger partial charge in [-0.05, 0) is 37.0 Å². The first kappa shape index (κ1) is 29.8. The van der Waals surface area contributed by atoms with Gasteiger partial charge in [0.05, 0.1) is 23.7 Å². The first-order valence-electron chi connectivity index (χ1n) is 14.1. The number of aryl methyl sites for hydroxylation is 1. The van der Waals surface area contributed by atoms with Crippen LogP contribution in [-0.4, -0.2) is 65.7 Å². The van der Waals surface area contributed by atoms with E-state index in [0.29, 0.717) is 30.9 Å². The van der Waals surface area contributed by atoms with Crippen molar-refractivity contribution in [3.05, 3.63) is 71.2 Å². The number of aromatic nitrogens is 4. The molecular formula is C29H36N8O3S2. The van der Waals surface area contributed by atoms with E-state index in [4.69, 9.17) is 4.98 Å². The van der Waals surface area contributed by atoms with Crippen LogP contribution in [0, 0.1) is 0 Å². The molecule has 0 radical (unpaired) electrons. The normalized spacial score (nSPS) is 15.2. The summed E-state index contributed by atoms with van der Waals surface area (Å²) < 4.78 is 28.8. The van der Waals surface area contributed by atoms with Crippen LogP contribution in [0.2, 0.25) is 0 Å². The number of nitrogens with one attached hydrogen (secondary N) is 3. The fourth-order valence-corrected chi connectivity index (χ4v) is 6.71. The Morgan fingerprint density at radius 1 is 1.00 bits per heavy atom. The topological polar surface area (TPSA) is 145 Å². The molecule has 2 aromatic carbocycles. The first-order chi connectivity index (χ1) is 20.4. The molecule has 0 spiro atoms. The molecule has 1 fully saturated rings. The molecule has 0 amide bonds. The Morgan fingerprint density at radius 2 is 1.76 bits per heavy atom. The molecule has 2 aromatic heterocycles. The first-order valence-corrected chi connectivity index (χ1v) is 16.5. The highest BCUT2D eigenvalue weighted by Crippen LogP contribution is 2.26. The minimum atomic E-state index is -3.66. The minimum Gasteiger partial charge on any atom is -0.395 e. The Labute approximate surface area is 250 Å². The third-order valence-electron chi connectivity index (χ3n) is 6.93. The van der Waals surface area contributed by atoms with Gasteiger partial charge in [-0.3, -0.25) is 0 Å². The molecule has 4 N–H and O–H groups in total. The molecule has 1 atom stereocenters. The largest absolute Gasteiger partial charge is 0.395 e. The second-order valence-electron chi connectivity index (χ2n) is 10.0. The maximum absolute atomic E-state index is 13.0. The summed E-state index contributed by atoms with van der Waals surface area (Å²) in [4.78, 5) is 20.7. The third-order valence-corrected chi connectivity index (χ3v) is 9.31. The highest BCUT2D eigenvalue weighted by Gasteiger charge is 2.29. The molecule has 0 unspecified atom stereocenters. The molecule has 0 aliphatic carbocycles. The van der Waals surface area contributed by atoms with Crippen molar-refractivity contribution in [3.8, 4) is 10.6 Å². The zero-order valence-electron chi connectivity index (χ0n) is 23.5. The molecule has 5 rings (SSSR count). The molecule has 1 aliphatic heterocycles. The molecular weight excluding hydrogens is 573 g/mol. The third kappa shape index (κ3) is 7.59. The van der Waals surface area contributed by atoms with Crippen LogP contribution in [0.3, 0.4) is 0 Å². The van der Waals surface area contributed by atoms with Gasteiger partial charge in [-0.2, -0.15) is 15.0 Å². The fraction of sp³-hybridized carbons (Fsp3) is 0.379. The number of benzene rings is 2. The Hall–Kier alpha value is -3.65. The summed E-state index contributed by atoms with van der Waals surface area (Å²) >= 11 is 1.58. The Kier molecular flexibility index (Phi) is 9.95. The molecule has 0 bridgehead atoms. The predicted octanol–water partition coefficient (Wildman–Crippen LogP) is 3.91. The van der Waals surface area contributed by atoms with E-state index in [1.807, 2.05) is 52.7 Å². The molecule has 13 heteroatoms. The Morgan fingerprint density at radius 3 is 2.50 bits per heavy atom. The van der Waals surface area contributed by atoms with Gasteiger partial charge in [-0.1, -0.05) is 55.8 Å². The van der Waals surface area contributed by atoms with E-state index in [1.54, 1.807) is 23.5 Å². The summed E-state index contributed by atoms with van der Waals surface area (Å²) in [5.74, 6) is 1.15. The number of sulfonamides is 1. The van der Waals surface area contributed by atoms with Crippen LogP contribution in [0.25, 0.3) is 10.6 Å². The molecule has 1 aliphatic rings. The lowest BCUT2D eigenvalue weighted by Crippen LogP contribution is -2.41. The molecule has 11 nitrogen and oxygen atoms in total. The van der Waals surface area contributed by atoms with Gasteiger partial charge in [0.25, 0.3) is 0 Å². The van der Waals surface area contributed by atoms with Crippen molar-refractivity contribution < 1.29 is 13.5 Å². The number of nitrogens with zero attached hydrogens (tertiary/aromatic N) is 5. The number of thiazole rings is 1. The number of rotatable bonds is 14. The molecule has 0 saturated carbocycles. The average molecular weight is 609 g/mol. The lowest BCUT2D eigenvalue weighted by Gasteiger charge is -2.25. The zero-order chi connectivity index (χ0) is 29.4. The molecule has 4 aromatic rings. The quantitative estimate of drug-likeness (QED) is 0.166. The molecule has 42 heavy (non-hydrogen) atoms. The van der Waals surface area contributed by atoms with E-state index in [0.717, 1.165) is 47.5 Å². The lowest BCUT2D eigenvalue weighted by molar-refractivity contribution is 0.311. The number of hydrogen-bond acceptors (Lipinski definition) is 11. The van der Waals surface area contributed by atoms with Gasteiger partial charge in [-0.15, -0.1) is 11.3 Å². The SMILES string of the molecule is CCCc1ccc(S(=O)(=O)NC[C@H]2CCCN2c2nc(NCCO)nc(NCc3csc(-c4ccccc4)n3)n2)cc1. The maximum Gasteiger partial charge on any atom is 0.240 e. The van der Waals surface area contributed by atoms with Crippen molar-refractivity contribution in [2.45, 2.75) is 50.1 Å².